The summed E-state index contributed by atoms with van der Waals surface area (Å²) in [6.45, 7) is 3.92. The lowest BCUT2D eigenvalue weighted by Crippen LogP contribution is -2.57. The number of nitrogens with two attached hydrogens (primary N) is 1. The van der Waals surface area contributed by atoms with Crippen molar-refractivity contribution in [2.45, 2.75) is 38.1 Å². The van der Waals surface area contributed by atoms with Crippen LogP contribution in [0.15, 0.2) is 24.3 Å². The Morgan fingerprint density at radius 3 is 2.38 bits per heavy atom. The smallest absolute Gasteiger partial charge is 0.240 e. The van der Waals surface area contributed by atoms with E-state index in [1.165, 1.54) is 11.1 Å². The van der Waals surface area contributed by atoms with Crippen LogP contribution in [0, 0.1) is 0 Å². The third-order valence-corrected chi connectivity index (χ3v) is 3.97. The number of hydrogen-bond donors (Lipinski definition) is 2. The number of carbonyl (C=O) groups is 1. The molecule has 5 heteroatoms. The van der Waals surface area contributed by atoms with E-state index in [2.05, 4.69) is 36.5 Å². The van der Waals surface area contributed by atoms with Crippen LogP contribution < -0.4 is 11.1 Å². The van der Waals surface area contributed by atoms with Gasteiger partial charge in [-0.25, -0.2) is 0 Å². The fourth-order valence-electron chi connectivity index (χ4n) is 2.40. The van der Waals surface area contributed by atoms with E-state index >= 15 is 0 Å². The number of aryl methyl sites for hydroxylation is 1. The van der Waals surface area contributed by atoms with Gasteiger partial charge in [0.15, 0.2) is 0 Å². The zero-order chi connectivity index (χ0) is 14.4. The van der Waals surface area contributed by atoms with Crippen LogP contribution in [0.25, 0.3) is 0 Å². The first-order chi connectivity index (χ1) is 9.64. The maximum Gasteiger partial charge on any atom is 0.240 e. The molecule has 4 nitrogen and oxygen atoms in total. The Balaban J connectivity index is 0.00000220. The summed E-state index contributed by atoms with van der Waals surface area (Å²) in [5, 5.41) is 2.95. The minimum Gasteiger partial charge on any atom is -0.381 e. The molecule has 3 N–H and O–H groups in total. The van der Waals surface area contributed by atoms with Crippen molar-refractivity contribution in [1.82, 2.24) is 5.32 Å². The standard InChI is InChI=1S/C16H24N2O2.ClH/c1-2-13-3-5-14(6-4-13)7-10-18-15(19)16(17)8-11-20-12-9-16;/h3-6H,2,7-12,17H2,1H3,(H,18,19);1H. The molecule has 0 aliphatic carbocycles. The molecule has 1 aromatic rings. The van der Waals surface area contributed by atoms with Gasteiger partial charge < -0.3 is 15.8 Å². The lowest BCUT2D eigenvalue weighted by atomic mass is 9.90. The van der Waals surface area contributed by atoms with Crippen molar-refractivity contribution in [3.8, 4) is 0 Å². The second kappa shape index (κ2) is 8.37. The second-order valence-corrected chi connectivity index (χ2v) is 5.44. The van der Waals surface area contributed by atoms with E-state index in [0.29, 0.717) is 32.6 Å². The summed E-state index contributed by atoms with van der Waals surface area (Å²) in [5.74, 6) is -0.0500. The number of hydrogen-bond acceptors (Lipinski definition) is 3. The fourth-order valence-corrected chi connectivity index (χ4v) is 2.40. The average molecular weight is 313 g/mol. The molecule has 118 valence electrons. The summed E-state index contributed by atoms with van der Waals surface area (Å²) in [5.41, 5.74) is 7.95. The number of amides is 1. The molecule has 21 heavy (non-hydrogen) atoms. The predicted molar refractivity (Wildman–Crippen MR) is 86.8 cm³/mol. The quantitative estimate of drug-likeness (QED) is 0.872. The predicted octanol–water partition coefficient (Wildman–Crippen LogP) is 1.84. The monoisotopic (exact) mass is 312 g/mol. The van der Waals surface area contributed by atoms with Crippen LogP contribution in [-0.4, -0.2) is 31.2 Å². The Kier molecular flexibility index (Phi) is 7.15. The minimum absolute atomic E-state index is 0. The van der Waals surface area contributed by atoms with Crippen molar-refractivity contribution in [3.63, 3.8) is 0 Å². The summed E-state index contributed by atoms with van der Waals surface area (Å²) in [6.07, 6.45) is 3.09. The van der Waals surface area contributed by atoms with E-state index in [4.69, 9.17) is 10.5 Å². The summed E-state index contributed by atoms with van der Waals surface area (Å²) < 4.78 is 5.25. The van der Waals surface area contributed by atoms with Crippen molar-refractivity contribution in [3.05, 3.63) is 35.4 Å². The fraction of sp³-hybridized carbons (Fsp3) is 0.562. The van der Waals surface area contributed by atoms with Gasteiger partial charge in [0.2, 0.25) is 5.91 Å². The highest BCUT2D eigenvalue weighted by Gasteiger charge is 2.35. The molecule has 1 fully saturated rings. The number of halogens is 1. The van der Waals surface area contributed by atoms with Crippen molar-refractivity contribution < 1.29 is 9.53 Å². The van der Waals surface area contributed by atoms with E-state index in [0.717, 1.165) is 12.8 Å². The molecule has 1 aliphatic rings. The molecular formula is C16H25ClN2O2. The number of nitrogens with one attached hydrogen (secondary N) is 1. The first kappa shape index (κ1) is 18.0. The molecular weight excluding hydrogens is 288 g/mol. The first-order valence-corrected chi connectivity index (χ1v) is 7.37. The molecule has 2 rings (SSSR count). The molecule has 0 aromatic heterocycles. The maximum atomic E-state index is 12.1. The van der Waals surface area contributed by atoms with E-state index in [9.17, 15) is 4.79 Å². The number of rotatable bonds is 5. The third-order valence-electron chi connectivity index (χ3n) is 3.97. The molecule has 1 aromatic carbocycles. The minimum atomic E-state index is -0.746. The van der Waals surface area contributed by atoms with E-state index in [1.807, 2.05) is 0 Å². The highest BCUT2D eigenvalue weighted by atomic mass is 35.5. The maximum absolute atomic E-state index is 12.1. The molecule has 0 radical (unpaired) electrons. The summed E-state index contributed by atoms with van der Waals surface area (Å²) in [4.78, 5) is 12.1. The molecule has 0 spiro atoms. The van der Waals surface area contributed by atoms with Gasteiger partial charge in [-0.2, -0.15) is 0 Å². The van der Waals surface area contributed by atoms with Crippen LogP contribution in [0.4, 0.5) is 0 Å². The molecule has 1 heterocycles. The van der Waals surface area contributed by atoms with Crippen LogP contribution in [-0.2, 0) is 22.4 Å². The van der Waals surface area contributed by atoms with Crippen molar-refractivity contribution in [2.75, 3.05) is 19.8 Å². The number of ether oxygens (including phenoxy) is 1. The van der Waals surface area contributed by atoms with E-state index in [-0.39, 0.29) is 18.3 Å². The highest BCUT2D eigenvalue weighted by Crippen LogP contribution is 2.17. The van der Waals surface area contributed by atoms with Crippen molar-refractivity contribution >= 4 is 18.3 Å². The topological polar surface area (TPSA) is 64.4 Å². The Bertz CT molecular complexity index is 442. The van der Waals surface area contributed by atoms with Crippen LogP contribution in [0.2, 0.25) is 0 Å². The normalized spacial score (nSPS) is 16.9. The SMILES string of the molecule is CCc1ccc(CCNC(=O)C2(N)CCOCC2)cc1.Cl. The van der Waals surface area contributed by atoms with Crippen LogP contribution >= 0.6 is 12.4 Å². The van der Waals surface area contributed by atoms with Gasteiger partial charge in [-0.05, 0) is 36.8 Å². The third kappa shape index (κ3) is 4.99. The van der Waals surface area contributed by atoms with E-state index < -0.39 is 5.54 Å². The Morgan fingerprint density at radius 2 is 1.81 bits per heavy atom. The van der Waals surface area contributed by atoms with E-state index in [1.54, 1.807) is 0 Å². The van der Waals surface area contributed by atoms with Gasteiger partial charge in [0, 0.05) is 19.8 Å². The van der Waals surface area contributed by atoms with Gasteiger partial charge in [0.25, 0.3) is 0 Å². The van der Waals surface area contributed by atoms with Crippen molar-refractivity contribution in [1.29, 1.82) is 0 Å². The number of carbonyl (C=O) groups excluding carboxylic acids is 1. The van der Waals surface area contributed by atoms with Gasteiger partial charge in [-0.15, -0.1) is 12.4 Å². The molecule has 0 bridgehead atoms. The molecule has 1 saturated heterocycles. The lowest BCUT2D eigenvalue weighted by Gasteiger charge is -2.31. The summed E-state index contributed by atoms with van der Waals surface area (Å²) in [7, 11) is 0. The zero-order valence-corrected chi connectivity index (χ0v) is 13.4. The summed E-state index contributed by atoms with van der Waals surface area (Å²) >= 11 is 0. The van der Waals surface area contributed by atoms with Crippen LogP contribution in [0.1, 0.15) is 30.9 Å². The van der Waals surface area contributed by atoms with Gasteiger partial charge in [0.05, 0.1) is 5.54 Å². The van der Waals surface area contributed by atoms with Gasteiger partial charge in [-0.3, -0.25) is 4.79 Å². The number of benzene rings is 1. The van der Waals surface area contributed by atoms with Crippen LogP contribution in [0.3, 0.4) is 0 Å². The first-order valence-electron chi connectivity index (χ1n) is 7.37. The van der Waals surface area contributed by atoms with Gasteiger partial charge in [0.1, 0.15) is 0 Å². The highest BCUT2D eigenvalue weighted by molar-refractivity contribution is 5.86. The average Bonchev–Trinajstić information content (AvgIpc) is 2.48. The zero-order valence-electron chi connectivity index (χ0n) is 12.6. The molecule has 0 unspecified atom stereocenters. The van der Waals surface area contributed by atoms with Crippen molar-refractivity contribution in [2.24, 2.45) is 5.73 Å². The Morgan fingerprint density at radius 1 is 1.24 bits per heavy atom. The molecule has 0 atom stereocenters. The molecule has 0 saturated carbocycles. The Labute approximate surface area is 132 Å². The largest absolute Gasteiger partial charge is 0.381 e. The Hall–Kier alpha value is -1.10. The molecule has 1 amide bonds. The summed E-state index contributed by atoms with van der Waals surface area (Å²) in [6, 6.07) is 8.52. The molecule has 1 aliphatic heterocycles. The van der Waals surface area contributed by atoms with Gasteiger partial charge in [-0.1, -0.05) is 31.2 Å². The lowest BCUT2D eigenvalue weighted by molar-refractivity contribution is -0.129. The second-order valence-electron chi connectivity index (χ2n) is 5.44. The van der Waals surface area contributed by atoms with Gasteiger partial charge >= 0.3 is 0 Å². The van der Waals surface area contributed by atoms with Crippen LogP contribution in [0.5, 0.6) is 0 Å².